The SMILES string of the molecule is CCOC(=O)C1(NC(=O)COc2ccc(C(C)=O)cc2)CCCCC1. The van der Waals surface area contributed by atoms with Gasteiger partial charge in [0.2, 0.25) is 0 Å². The molecule has 25 heavy (non-hydrogen) atoms. The van der Waals surface area contributed by atoms with Crippen LogP contribution >= 0.6 is 0 Å². The summed E-state index contributed by atoms with van der Waals surface area (Å²) in [7, 11) is 0. The normalized spacial score (nSPS) is 15.9. The highest BCUT2D eigenvalue weighted by atomic mass is 16.5. The third kappa shape index (κ3) is 5.05. The Balaban J connectivity index is 1.94. The van der Waals surface area contributed by atoms with Crippen molar-refractivity contribution >= 4 is 17.7 Å². The molecule has 0 heterocycles. The van der Waals surface area contributed by atoms with Crippen LogP contribution in [0.3, 0.4) is 0 Å². The van der Waals surface area contributed by atoms with Gasteiger partial charge in [-0.2, -0.15) is 0 Å². The number of benzene rings is 1. The van der Waals surface area contributed by atoms with Gasteiger partial charge in [0.05, 0.1) is 6.61 Å². The molecule has 0 unspecified atom stereocenters. The van der Waals surface area contributed by atoms with Gasteiger partial charge in [-0.3, -0.25) is 9.59 Å². The molecule has 6 nitrogen and oxygen atoms in total. The van der Waals surface area contributed by atoms with Crippen LogP contribution in [-0.4, -0.2) is 36.4 Å². The van der Waals surface area contributed by atoms with Crippen LogP contribution in [0.5, 0.6) is 5.75 Å². The summed E-state index contributed by atoms with van der Waals surface area (Å²) in [5.41, 5.74) is -0.354. The molecule has 0 saturated heterocycles. The maximum Gasteiger partial charge on any atom is 0.331 e. The summed E-state index contributed by atoms with van der Waals surface area (Å²) >= 11 is 0. The largest absolute Gasteiger partial charge is 0.484 e. The summed E-state index contributed by atoms with van der Waals surface area (Å²) in [6.07, 6.45) is 3.99. The van der Waals surface area contributed by atoms with E-state index in [9.17, 15) is 14.4 Å². The highest BCUT2D eigenvalue weighted by molar-refractivity contribution is 5.94. The van der Waals surface area contributed by atoms with Crippen LogP contribution < -0.4 is 10.1 Å². The van der Waals surface area contributed by atoms with Crippen molar-refractivity contribution in [1.29, 1.82) is 0 Å². The fraction of sp³-hybridized carbons (Fsp3) is 0.526. The molecular formula is C19H25NO5. The van der Waals surface area contributed by atoms with Crippen LogP contribution in [-0.2, 0) is 14.3 Å². The summed E-state index contributed by atoms with van der Waals surface area (Å²) in [6.45, 7) is 3.34. The molecule has 1 aliphatic carbocycles. The van der Waals surface area contributed by atoms with E-state index >= 15 is 0 Å². The van der Waals surface area contributed by atoms with Gasteiger partial charge < -0.3 is 14.8 Å². The number of hydrogen-bond acceptors (Lipinski definition) is 5. The van der Waals surface area contributed by atoms with E-state index in [1.54, 1.807) is 31.2 Å². The highest BCUT2D eigenvalue weighted by Crippen LogP contribution is 2.29. The molecule has 1 fully saturated rings. The number of hydrogen-bond donors (Lipinski definition) is 1. The lowest BCUT2D eigenvalue weighted by Crippen LogP contribution is -2.57. The molecule has 1 saturated carbocycles. The molecule has 0 radical (unpaired) electrons. The van der Waals surface area contributed by atoms with Gasteiger partial charge in [-0.25, -0.2) is 4.79 Å². The van der Waals surface area contributed by atoms with Crippen molar-refractivity contribution < 1.29 is 23.9 Å². The van der Waals surface area contributed by atoms with E-state index in [1.807, 2.05) is 0 Å². The summed E-state index contributed by atoms with van der Waals surface area (Å²) in [5.74, 6) is -0.258. The number of ketones is 1. The molecule has 1 amide bonds. The predicted octanol–water partition coefficient (Wildman–Crippen LogP) is 2.65. The predicted molar refractivity (Wildman–Crippen MR) is 92.5 cm³/mol. The quantitative estimate of drug-likeness (QED) is 0.606. The first-order valence-corrected chi connectivity index (χ1v) is 8.69. The fourth-order valence-electron chi connectivity index (χ4n) is 3.04. The summed E-state index contributed by atoms with van der Waals surface area (Å²) < 4.78 is 10.6. The van der Waals surface area contributed by atoms with Crippen molar-refractivity contribution in [1.82, 2.24) is 5.32 Å². The molecular weight excluding hydrogens is 322 g/mol. The van der Waals surface area contributed by atoms with Crippen LogP contribution in [0.1, 0.15) is 56.3 Å². The number of nitrogens with one attached hydrogen (secondary N) is 1. The minimum absolute atomic E-state index is 0.0297. The Morgan fingerprint density at radius 2 is 1.72 bits per heavy atom. The van der Waals surface area contributed by atoms with E-state index < -0.39 is 5.54 Å². The zero-order chi connectivity index (χ0) is 18.3. The van der Waals surface area contributed by atoms with Crippen molar-refractivity contribution in [2.45, 2.75) is 51.5 Å². The molecule has 1 aromatic rings. The van der Waals surface area contributed by atoms with Crippen molar-refractivity contribution in [3.63, 3.8) is 0 Å². The van der Waals surface area contributed by atoms with Crippen molar-refractivity contribution in [2.24, 2.45) is 0 Å². The van der Waals surface area contributed by atoms with Crippen molar-refractivity contribution in [3.05, 3.63) is 29.8 Å². The zero-order valence-corrected chi connectivity index (χ0v) is 14.8. The smallest absolute Gasteiger partial charge is 0.331 e. The Morgan fingerprint density at radius 3 is 2.28 bits per heavy atom. The van der Waals surface area contributed by atoms with E-state index in [0.29, 0.717) is 24.2 Å². The topological polar surface area (TPSA) is 81.7 Å². The van der Waals surface area contributed by atoms with E-state index in [-0.39, 0.29) is 30.9 Å². The molecule has 0 bridgehead atoms. The maximum atomic E-state index is 12.3. The van der Waals surface area contributed by atoms with Gasteiger partial charge in [-0.05, 0) is 51.0 Å². The van der Waals surface area contributed by atoms with Gasteiger partial charge in [0.1, 0.15) is 11.3 Å². The van der Waals surface area contributed by atoms with Crippen molar-refractivity contribution in [2.75, 3.05) is 13.2 Å². The molecule has 1 aliphatic rings. The monoisotopic (exact) mass is 347 g/mol. The number of carbonyl (C=O) groups excluding carboxylic acids is 3. The van der Waals surface area contributed by atoms with Gasteiger partial charge >= 0.3 is 5.97 Å². The minimum atomic E-state index is -0.937. The number of amides is 1. The standard InChI is InChI=1S/C19H25NO5/c1-3-24-18(23)19(11-5-4-6-12-19)20-17(22)13-25-16-9-7-15(8-10-16)14(2)21/h7-10H,3-6,11-13H2,1-2H3,(H,20,22). The van der Waals surface area contributed by atoms with Gasteiger partial charge in [0.15, 0.2) is 12.4 Å². The van der Waals surface area contributed by atoms with Crippen LogP contribution in [0.25, 0.3) is 0 Å². The Hall–Kier alpha value is -2.37. The maximum absolute atomic E-state index is 12.3. The first-order valence-electron chi connectivity index (χ1n) is 8.69. The second kappa shape index (κ2) is 8.65. The summed E-state index contributed by atoms with van der Waals surface area (Å²) in [6, 6.07) is 6.59. The molecule has 0 aliphatic heterocycles. The fourth-order valence-corrected chi connectivity index (χ4v) is 3.04. The van der Waals surface area contributed by atoms with Crippen LogP contribution in [0.2, 0.25) is 0 Å². The third-order valence-corrected chi connectivity index (χ3v) is 4.38. The molecule has 0 spiro atoms. The van der Waals surface area contributed by atoms with Crippen molar-refractivity contribution in [3.8, 4) is 5.75 Å². The average molecular weight is 347 g/mol. The molecule has 136 valence electrons. The van der Waals surface area contributed by atoms with Gasteiger partial charge in [0, 0.05) is 5.56 Å². The number of carbonyl (C=O) groups is 3. The number of rotatable bonds is 7. The lowest BCUT2D eigenvalue weighted by Gasteiger charge is -2.35. The Bertz CT molecular complexity index is 617. The third-order valence-electron chi connectivity index (χ3n) is 4.38. The van der Waals surface area contributed by atoms with Crippen LogP contribution in [0.15, 0.2) is 24.3 Å². The molecule has 1 N–H and O–H groups in total. The molecule has 0 atom stereocenters. The highest BCUT2D eigenvalue weighted by Gasteiger charge is 2.42. The first kappa shape index (κ1) is 19.0. The average Bonchev–Trinajstić information content (AvgIpc) is 2.61. The number of ether oxygens (including phenoxy) is 2. The lowest BCUT2D eigenvalue weighted by molar-refractivity contribution is -0.155. The lowest BCUT2D eigenvalue weighted by atomic mass is 9.81. The van der Waals surface area contributed by atoms with E-state index in [2.05, 4.69) is 5.32 Å². The van der Waals surface area contributed by atoms with Crippen LogP contribution in [0.4, 0.5) is 0 Å². The second-order valence-electron chi connectivity index (χ2n) is 6.28. The zero-order valence-electron chi connectivity index (χ0n) is 14.8. The number of Topliss-reactive ketones (excluding diaryl/α,β-unsaturated/α-hetero) is 1. The molecule has 6 heteroatoms. The number of esters is 1. The molecule has 0 aromatic heterocycles. The van der Waals surface area contributed by atoms with Gasteiger partial charge in [-0.1, -0.05) is 19.3 Å². The Kier molecular flexibility index (Phi) is 6.56. The Labute approximate surface area is 147 Å². The van der Waals surface area contributed by atoms with Crippen LogP contribution in [0, 0.1) is 0 Å². The van der Waals surface area contributed by atoms with Gasteiger partial charge in [-0.15, -0.1) is 0 Å². The molecule has 2 rings (SSSR count). The summed E-state index contributed by atoms with van der Waals surface area (Å²) in [4.78, 5) is 35.8. The van der Waals surface area contributed by atoms with E-state index in [0.717, 1.165) is 19.3 Å². The Morgan fingerprint density at radius 1 is 1.08 bits per heavy atom. The minimum Gasteiger partial charge on any atom is -0.484 e. The second-order valence-corrected chi connectivity index (χ2v) is 6.28. The van der Waals surface area contributed by atoms with E-state index in [4.69, 9.17) is 9.47 Å². The van der Waals surface area contributed by atoms with E-state index in [1.165, 1.54) is 6.92 Å². The van der Waals surface area contributed by atoms with Gasteiger partial charge in [0.25, 0.3) is 5.91 Å². The summed E-state index contributed by atoms with van der Waals surface area (Å²) in [5, 5.41) is 2.82. The first-order chi connectivity index (χ1) is 12.0. The molecule has 1 aromatic carbocycles.